The lowest BCUT2D eigenvalue weighted by atomic mass is 10.1. The number of ether oxygens (including phenoxy) is 1. The summed E-state index contributed by atoms with van der Waals surface area (Å²) in [6.45, 7) is 8.96. The van der Waals surface area contributed by atoms with Gasteiger partial charge in [0.25, 0.3) is 5.91 Å². The van der Waals surface area contributed by atoms with Gasteiger partial charge in [-0.25, -0.2) is 0 Å². The van der Waals surface area contributed by atoms with E-state index in [9.17, 15) is 9.90 Å². The average Bonchev–Trinajstić information content (AvgIpc) is 2.38. The number of hydrogen-bond donors (Lipinski definition) is 1. The Kier molecular flexibility index (Phi) is 5.83. The van der Waals surface area contributed by atoms with E-state index in [-0.39, 0.29) is 12.5 Å². The Labute approximate surface area is 115 Å². The maximum absolute atomic E-state index is 11.8. The van der Waals surface area contributed by atoms with Gasteiger partial charge in [-0.15, -0.1) is 0 Å². The van der Waals surface area contributed by atoms with Crippen molar-refractivity contribution in [1.82, 2.24) is 4.90 Å². The molecule has 0 bridgehead atoms. The molecule has 0 aliphatic carbocycles. The molecule has 0 radical (unpaired) electrons. The van der Waals surface area contributed by atoms with Gasteiger partial charge in [0.15, 0.2) is 6.61 Å². The largest absolute Gasteiger partial charge is 0.484 e. The highest BCUT2D eigenvalue weighted by Gasteiger charge is 2.11. The van der Waals surface area contributed by atoms with Gasteiger partial charge in [-0.3, -0.25) is 4.79 Å². The number of carbonyl (C=O) groups excluding carboxylic acids is 1. The Morgan fingerprint density at radius 2 is 2.00 bits per heavy atom. The maximum Gasteiger partial charge on any atom is 0.260 e. The molecule has 0 fully saturated rings. The minimum atomic E-state index is -0.495. The molecular weight excluding hydrogens is 242 g/mol. The number of carbonyl (C=O) groups is 1. The SMILES string of the molecule is CCN(CC)C(=O)COc1ccc(C(C)O)cc1C. The summed E-state index contributed by atoms with van der Waals surface area (Å²) in [5.74, 6) is 0.675. The Balaban J connectivity index is 2.66. The molecule has 0 aromatic heterocycles. The van der Waals surface area contributed by atoms with E-state index in [1.54, 1.807) is 17.9 Å². The van der Waals surface area contributed by atoms with E-state index < -0.39 is 6.10 Å². The quantitative estimate of drug-likeness (QED) is 0.858. The topological polar surface area (TPSA) is 49.8 Å². The fourth-order valence-electron chi connectivity index (χ4n) is 1.90. The zero-order valence-electron chi connectivity index (χ0n) is 12.1. The molecule has 1 aromatic rings. The molecule has 4 heteroatoms. The van der Waals surface area contributed by atoms with Gasteiger partial charge in [-0.1, -0.05) is 6.07 Å². The molecule has 4 nitrogen and oxygen atoms in total. The van der Waals surface area contributed by atoms with Gasteiger partial charge in [0.05, 0.1) is 6.10 Å². The Morgan fingerprint density at radius 1 is 1.37 bits per heavy atom. The van der Waals surface area contributed by atoms with Crippen molar-refractivity contribution >= 4 is 5.91 Å². The molecule has 0 spiro atoms. The Bertz CT molecular complexity index is 425. The standard InChI is InChI=1S/C15H23NO3/c1-5-16(6-2)15(18)10-19-14-8-7-13(12(4)17)9-11(14)3/h7-9,12,17H,5-6,10H2,1-4H3. The summed E-state index contributed by atoms with van der Waals surface area (Å²) in [6.07, 6.45) is -0.495. The van der Waals surface area contributed by atoms with Crippen LogP contribution in [0.2, 0.25) is 0 Å². The van der Waals surface area contributed by atoms with Crippen molar-refractivity contribution in [2.45, 2.75) is 33.8 Å². The zero-order chi connectivity index (χ0) is 14.4. The fourth-order valence-corrected chi connectivity index (χ4v) is 1.90. The van der Waals surface area contributed by atoms with E-state index in [0.717, 1.165) is 11.1 Å². The Morgan fingerprint density at radius 3 is 2.47 bits per heavy atom. The van der Waals surface area contributed by atoms with Crippen LogP contribution in [-0.4, -0.2) is 35.6 Å². The van der Waals surface area contributed by atoms with Gasteiger partial charge < -0.3 is 14.7 Å². The third-order valence-electron chi connectivity index (χ3n) is 3.15. The highest BCUT2D eigenvalue weighted by molar-refractivity contribution is 5.77. The first kappa shape index (κ1) is 15.5. The van der Waals surface area contributed by atoms with E-state index >= 15 is 0 Å². The van der Waals surface area contributed by atoms with Gasteiger partial charge in [0.1, 0.15) is 5.75 Å². The lowest BCUT2D eigenvalue weighted by Crippen LogP contribution is -2.34. The number of aryl methyl sites for hydroxylation is 1. The van der Waals surface area contributed by atoms with Crippen LogP contribution in [0.3, 0.4) is 0 Å². The second-order valence-corrected chi connectivity index (χ2v) is 4.56. The summed E-state index contributed by atoms with van der Waals surface area (Å²) < 4.78 is 5.55. The monoisotopic (exact) mass is 265 g/mol. The average molecular weight is 265 g/mol. The maximum atomic E-state index is 11.8. The van der Waals surface area contributed by atoms with E-state index in [2.05, 4.69) is 0 Å². The lowest BCUT2D eigenvalue weighted by Gasteiger charge is -2.19. The van der Waals surface area contributed by atoms with E-state index in [4.69, 9.17) is 4.74 Å². The molecular formula is C15H23NO3. The molecule has 1 N–H and O–H groups in total. The summed E-state index contributed by atoms with van der Waals surface area (Å²) in [5.41, 5.74) is 1.77. The lowest BCUT2D eigenvalue weighted by molar-refractivity contribution is -0.132. The summed E-state index contributed by atoms with van der Waals surface area (Å²) in [7, 11) is 0. The highest BCUT2D eigenvalue weighted by Crippen LogP contribution is 2.22. The summed E-state index contributed by atoms with van der Waals surface area (Å²) in [6, 6.07) is 5.49. The van der Waals surface area contributed by atoms with Crippen LogP contribution in [0, 0.1) is 6.92 Å². The van der Waals surface area contributed by atoms with E-state index in [1.807, 2.05) is 32.9 Å². The van der Waals surface area contributed by atoms with Gasteiger partial charge >= 0.3 is 0 Å². The molecule has 0 heterocycles. The first-order chi connectivity index (χ1) is 8.99. The van der Waals surface area contributed by atoms with Crippen molar-refractivity contribution in [2.75, 3.05) is 19.7 Å². The number of nitrogens with zero attached hydrogens (tertiary/aromatic N) is 1. The smallest absolute Gasteiger partial charge is 0.260 e. The van der Waals surface area contributed by atoms with Crippen molar-refractivity contribution < 1.29 is 14.6 Å². The van der Waals surface area contributed by atoms with E-state index in [1.165, 1.54) is 0 Å². The second kappa shape index (κ2) is 7.14. The molecule has 1 unspecified atom stereocenters. The molecule has 19 heavy (non-hydrogen) atoms. The second-order valence-electron chi connectivity index (χ2n) is 4.56. The van der Waals surface area contributed by atoms with Crippen LogP contribution in [0.25, 0.3) is 0 Å². The summed E-state index contributed by atoms with van der Waals surface area (Å²) in [4.78, 5) is 13.6. The predicted octanol–water partition coefficient (Wildman–Crippen LogP) is 2.30. The fraction of sp³-hybridized carbons (Fsp3) is 0.533. The number of hydrogen-bond acceptors (Lipinski definition) is 3. The van der Waals surface area contributed by atoms with Crippen molar-refractivity contribution in [3.05, 3.63) is 29.3 Å². The number of benzene rings is 1. The number of amides is 1. The minimum Gasteiger partial charge on any atom is -0.484 e. The normalized spacial score (nSPS) is 12.1. The molecule has 1 amide bonds. The van der Waals surface area contributed by atoms with Crippen LogP contribution < -0.4 is 4.74 Å². The number of rotatable bonds is 6. The van der Waals surface area contributed by atoms with Crippen LogP contribution in [0.5, 0.6) is 5.75 Å². The van der Waals surface area contributed by atoms with Crippen LogP contribution in [0.4, 0.5) is 0 Å². The third-order valence-corrected chi connectivity index (χ3v) is 3.15. The molecule has 1 atom stereocenters. The van der Waals surface area contributed by atoms with Crippen molar-refractivity contribution in [3.63, 3.8) is 0 Å². The summed E-state index contributed by atoms with van der Waals surface area (Å²) >= 11 is 0. The number of likely N-dealkylation sites (N-methyl/N-ethyl adjacent to an activating group) is 1. The van der Waals surface area contributed by atoms with Crippen LogP contribution in [-0.2, 0) is 4.79 Å². The molecule has 0 saturated carbocycles. The van der Waals surface area contributed by atoms with Gasteiger partial charge in [-0.05, 0) is 51.0 Å². The molecule has 0 saturated heterocycles. The van der Waals surface area contributed by atoms with Crippen LogP contribution >= 0.6 is 0 Å². The molecule has 1 aromatic carbocycles. The van der Waals surface area contributed by atoms with Crippen LogP contribution in [0.1, 0.15) is 38.0 Å². The number of aliphatic hydroxyl groups is 1. The number of aliphatic hydroxyl groups excluding tert-OH is 1. The molecule has 0 aliphatic heterocycles. The van der Waals surface area contributed by atoms with Gasteiger partial charge in [0, 0.05) is 13.1 Å². The minimum absolute atomic E-state index is 0.0102. The zero-order valence-corrected chi connectivity index (χ0v) is 12.1. The summed E-state index contributed by atoms with van der Waals surface area (Å²) in [5, 5.41) is 9.49. The van der Waals surface area contributed by atoms with Crippen molar-refractivity contribution in [1.29, 1.82) is 0 Å². The van der Waals surface area contributed by atoms with Gasteiger partial charge in [0.2, 0.25) is 0 Å². The Hall–Kier alpha value is -1.55. The third kappa shape index (κ3) is 4.24. The predicted molar refractivity (Wildman–Crippen MR) is 75.2 cm³/mol. The van der Waals surface area contributed by atoms with Crippen molar-refractivity contribution in [2.24, 2.45) is 0 Å². The molecule has 1 rings (SSSR count). The molecule has 106 valence electrons. The highest BCUT2D eigenvalue weighted by atomic mass is 16.5. The van der Waals surface area contributed by atoms with Crippen molar-refractivity contribution in [3.8, 4) is 5.75 Å². The molecule has 0 aliphatic rings. The first-order valence-corrected chi connectivity index (χ1v) is 6.68. The first-order valence-electron chi connectivity index (χ1n) is 6.68. The van der Waals surface area contributed by atoms with Gasteiger partial charge in [-0.2, -0.15) is 0 Å². The van der Waals surface area contributed by atoms with E-state index in [0.29, 0.717) is 18.8 Å². The van der Waals surface area contributed by atoms with Crippen LogP contribution in [0.15, 0.2) is 18.2 Å².